The number of carbonyl (C=O) groups is 1. The molecule has 2 aromatic carbocycles. The zero-order valence-electron chi connectivity index (χ0n) is 13.5. The van der Waals surface area contributed by atoms with Crippen molar-refractivity contribution in [1.29, 1.82) is 0 Å². The minimum Gasteiger partial charge on any atom is -0.494 e. The van der Waals surface area contributed by atoms with E-state index in [9.17, 15) is 4.79 Å². The van der Waals surface area contributed by atoms with Crippen molar-refractivity contribution in [3.63, 3.8) is 0 Å². The average molecular weight is 446 g/mol. The van der Waals surface area contributed by atoms with E-state index in [1.54, 1.807) is 24.3 Å². The maximum Gasteiger partial charge on any atom is 0.345 e. The van der Waals surface area contributed by atoms with Crippen molar-refractivity contribution in [3.8, 4) is 22.9 Å². The number of nitrogens with zero attached hydrogens (tertiary/aromatic N) is 2. The molecule has 0 N–H and O–H groups in total. The zero-order chi connectivity index (χ0) is 17.6. The SMILES string of the molecule is CCOc1ccc(-c2ccc(OC(=O)c3ccccc3I)nn2)cc1. The second kappa shape index (κ2) is 8.06. The van der Waals surface area contributed by atoms with Gasteiger partial charge in [-0.25, -0.2) is 4.79 Å². The van der Waals surface area contributed by atoms with E-state index in [0.29, 0.717) is 17.9 Å². The maximum atomic E-state index is 12.2. The van der Waals surface area contributed by atoms with E-state index in [0.717, 1.165) is 14.9 Å². The molecule has 126 valence electrons. The van der Waals surface area contributed by atoms with Crippen LogP contribution in [0.2, 0.25) is 0 Å². The van der Waals surface area contributed by atoms with Crippen LogP contribution in [0.1, 0.15) is 17.3 Å². The molecule has 0 aliphatic heterocycles. The van der Waals surface area contributed by atoms with Crippen LogP contribution in [0.25, 0.3) is 11.3 Å². The van der Waals surface area contributed by atoms with Crippen LogP contribution in [0.15, 0.2) is 60.7 Å². The van der Waals surface area contributed by atoms with Gasteiger partial charge in [0.2, 0.25) is 5.88 Å². The lowest BCUT2D eigenvalue weighted by Crippen LogP contribution is -2.11. The minimum absolute atomic E-state index is 0.166. The summed E-state index contributed by atoms with van der Waals surface area (Å²) in [5.41, 5.74) is 2.10. The Labute approximate surface area is 159 Å². The van der Waals surface area contributed by atoms with Crippen LogP contribution >= 0.6 is 22.6 Å². The lowest BCUT2D eigenvalue weighted by atomic mass is 10.1. The summed E-state index contributed by atoms with van der Waals surface area (Å²) >= 11 is 2.09. The molecule has 25 heavy (non-hydrogen) atoms. The van der Waals surface area contributed by atoms with Gasteiger partial charge in [-0.1, -0.05) is 12.1 Å². The molecule has 6 heteroatoms. The van der Waals surface area contributed by atoms with Gasteiger partial charge in [0.15, 0.2) is 0 Å². The topological polar surface area (TPSA) is 61.3 Å². The Balaban J connectivity index is 1.72. The van der Waals surface area contributed by atoms with Crippen LogP contribution in [0.5, 0.6) is 11.6 Å². The molecule has 1 heterocycles. The van der Waals surface area contributed by atoms with Crippen LogP contribution in [0.4, 0.5) is 0 Å². The number of aromatic nitrogens is 2. The molecule has 0 amide bonds. The molecule has 3 rings (SSSR count). The molecule has 0 fully saturated rings. The molecule has 0 atom stereocenters. The highest BCUT2D eigenvalue weighted by Gasteiger charge is 2.13. The molecule has 5 nitrogen and oxygen atoms in total. The molecular formula is C19H15IN2O3. The fourth-order valence-corrected chi connectivity index (χ4v) is 2.80. The minimum atomic E-state index is -0.451. The van der Waals surface area contributed by atoms with Crippen molar-refractivity contribution in [3.05, 3.63) is 69.8 Å². The van der Waals surface area contributed by atoms with E-state index in [1.165, 1.54) is 0 Å². The number of benzene rings is 2. The van der Waals surface area contributed by atoms with Gasteiger partial charge >= 0.3 is 5.97 Å². The van der Waals surface area contributed by atoms with Gasteiger partial charge in [-0.05, 0) is 72.0 Å². The quantitative estimate of drug-likeness (QED) is 0.431. The molecule has 0 saturated heterocycles. The molecule has 0 unspecified atom stereocenters. The van der Waals surface area contributed by atoms with Crippen LogP contribution in [-0.4, -0.2) is 22.8 Å². The molecule has 0 aliphatic rings. The molecule has 0 bridgehead atoms. The number of carbonyl (C=O) groups excluding carboxylic acids is 1. The Morgan fingerprint density at radius 1 is 1.00 bits per heavy atom. The monoisotopic (exact) mass is 446 g/mol. The van der Waals surface area contributed by atoms with Gasteiger partial charge in [0.05, 0.1) is 17.9 Å². The average Bonchev–Trinajstić information content (AvgIpc) is 2.64. The van der Waals surface area contributed by atoms with E-state index in [-0.39, 0.29) is 5.88 Å². The summed E-state index contributed by atoms with van der Waals surface area (Å²) in [5, 5.41) is 8.11. The van der Waals surface area contributed by atoms with Gasteiger partial charge < -0.3 is 9.47 Å². The zero-order valence-corrected chi connectivity index (χ0v) is 15.6. The normalized spacial score (nSPS) is 10.3. The highest BCUT2D eigenvalue weighted by Crippen LogP contribution is 2.22. The number of esters is 1. The summed E-state index contributed by atoms with van der Waals surface area (Å²) in [6.07, 6.45) is 0. The van der Waals surface area contributed by atoms with Crippen molar-refractivity contribution >= 4 is 28.6 Å². The van der Waals surface area contributed by atoms with Gasteiger partial charge in [-0.3, -0.25) is 0 Å². The molecule has 0 spiro atoms. The second-order valence-electron chi connectivity index (χ2n) is 5.08. The molecule has 0 radical (unpaired) electrons. The Bertz CT molecular complexity index is 865. The third-order valence-corrected chi connectivity index (χ3v) is 4.33. The fraction of sp³-hybridized carbons (Fsp3) is 0.105. The van der Waals surface area contributed by atoms with E-state index in [4.69, 9.17) is 9.47 Å². The first-order chi connectivity index (χ1) is 12.2. The Morgan fingerprint density at radius 3 is 2.40 bits per heavy atom. The standard InChI is InChI=1S/C19H15IN2O3/c1-2-24-14-9-7-13(8-10-14)17-11-12-18(22-21-17)25-19(23)15-5-3-4-6-16(15)20/h3-12H,2H2,1H3. The van der Waals surface area contributed by atoms with Crippen molar-refractivity contribution < 1.29 is 14.3 Å². The largest absolute Gasteiger partial charge is 0.494 e. The van der Waals surface area contributed by atoms with Crippen molar-refractivity contribution in [2.24, 2.45) is 0 Å². The van der Waals surface area contributed by atoms with Gasteiger partial charge in [-0.15, -0.1) is 10.2 Å². The highest BCUT2D eigenvalue weighted by molar-refractivity contribution is 14.1. The summed E-state index contributed by atoms with van der Waals surface area (Å²) in [6.45, 7) is 2.56. The Kier molecular flexibility index (Phi) is 5.60. The lowest BCUT2D eigenvalue weighted by molar-refractivity contribution is 0.0724. The third kappa shape index (κ3) is 4.33. The molecule has 3 aromatic rings. The van der Waals surface area contributed by atoms with Gasteiger partial charge in [0.1, 0.15) is 5.75 Å². The predicted octanol–water partition coefficient (Wildman–Crippen LogP) is 4.37. The number of halogens is 1. The fourth-order valence-electron chi connectivity index (χ4n) is 2.19. The maximum absolute atomic E-state index is 12.2. The summed E-state index contributed by atoms with van der Waals surface area (Å²) in [5.74, 6) is 0.523. The van der Waals surface area contributed by atoms with E-state index in [1.807, 2.05) is 43.3 Å². The highest BCUT2D eigenvalue weighted by atomic mass is 127. The van der Waals surface area contributed by atoms with Crippen LogP contribution in [0, 0.1) is 3.57 Å². The molecule has 0 aliphatic carbocycles. The number of hydrogen-bond acceptors (Lipinski definition) is 5. The van der Waals surface area contributed by atoms with Crippen LogP contribution in [-0.2, 0) is 0 Å². The van der Waals surface area contributed by atoms with Crippen LogP contribution in [0.3, 0.4) is 0 Å². The number of ether oxygens (including phenoxy) is 2. The first-order valence-corrected chi connectivity index (χ1v) is 8.79. The van der Waals surface area contributed by atoms with Gasteiger partial charge in [0, 0.05) is 15.2 Å². The van der Waals surface area contributed by atoms with Crippen molar-refractivity contribution in [1.82, 2.24) is 10.2 Å². The van der Waals surface area contributed by atoms with Crippen molar-refractivity contribution in [2.45, 2.75) is 6.92 Å². The third-order valence-electron chi connectivity index (χ3n) is 3.39. The number of hydrogen-bond donors (Lipinski definition) is 0. The summed E-state index contributed by atoms with van der Waals surface area (Å²) in [6, 6.07) is 18.2. The van der Waals surface area contributed by atoms with E-state index < -0.39 is 5.97 Å². The van der Waals surface area contributed by atoms with E-state index >= 15 is 0 Å². The smallest absolute Gasteiger partial charge is 0.345 e. The van der Waals surface area contributed by atoms with Crippen molar-refractivity contribution in [2.75, 3.05) is 6.61 Å². The summed E-state index contributed by atoms with van der Waals surface area (Å²) in [7, 11) is 0. The first kappa shape index (κ1) is 17.3. The molecular weight excluding hydrogens is 431 g/mol. The second-order valence-corrected chi connectivity index (χ2v) is 6.25. The summed E-state index contributed by atoms with van der Waals surface area (Å²) < 4.78 is 11.5. The summed E-state index contributed by atoms with van der Waals surface area (Å²) in [4.78, 5) is 12.2. The Morgan fingerprint density at radius 2 is 1.76 bits per heavy atom. The Hall–Kier alpha value is -2.48. The lowest BCUT2D eigenvalue weighted by Gasteiger charge is -2.06. The van der Waals surface area contributed by atoms with Crippen LogP contribution < -0.4 is 9.47 Å². The van der Waals surface area contributed by atoms with Gasteiger partial charge in [-0.2, -0.15) is 0 Å². The first-order valence-electron chi connectivity index (χ1n) is 7.71. The number of rotatable bonds is 5. The van der Waals surface area contributed by atoms with Gasteiger partial charge in [0.25, 0.3) is 0 Å². The molecule has 0 saturated carbocycles. The predicted molar refractivity (Wildman–Crippen MR) is 103 cm³/mol. The van der Waals surface area contributed by atoms with E-state index in [2.05, 4.69) is 32.8 Å². The molecule has 1 aromatic heterocycles.